The van der Waals surface area contributed by atoms with Gasteiger partial charge in [-0.3, -0.25) is 4.79 Å². The molecule has 0 saturated carbocycles. The highest BCUT2D eigenvalue weighted by atomic mass is 16.4. The number of hydrogen-bond acceptors (Lipinski definition) is 2. The molecule has 1 N–H and O–H groups in total. The number of amides is 1. The first-order valence-electron chi connectivity index (χ1n) is 6.53. The second-order valence-corrected chi connectivity index (χ2v) is 4.89. The molecule has 0 aliphatic rings. The van der Waals surface area contributed by atoms with E-state index in [2.05, 4.69) is 6.92 Å². The van der Waals surface area contributed by atoms with Crippen LogP contribution in [0.4, 0.5) is 0 Å². The molecule has 0 saturated heterocycles. The Kier molecular flexibility index (Phi) is 5.55. The van der Waals surface area contributed by atoms with Gasteiger partial charge in [0, 0.05) is 19.5 Å². The fourth-order valence-corrected chi connectivity index (χ4v) is 2.04. The van der Waals surface area contributed by atoms with Gasteiger partial charge in [0.1, 0.15) is 0 Å². The summed E-state index contributed by atoms with van der Waals surface area (Å²) in [4.78, 5) is 24.5. The number of carboxylic acid groups (broad SMARTS) is 1. The number of benzene rings is 1. The molecule has 0 radical (unpaired) electrons. The van der Waals surface area contributed by atoms with Gasteiger partial charge >= 0.3 is 5.97 Å². The lowest BCUT2D eigenvalue weighted by Gasteiger charge is -2.21. The Hall–Kier alpha value is -1.84. The number of rotatable bonds is 6. The molecule has 0 spiro atoms. The van der Waals surface area contributed by atoms with Crippen LogP contribution in [0.1, 0.15) is 42.6 Å². The summed E-state index contributed by atoms with van der Waals surface area (Å²) in [5.74, 6) is -0.773. The number of carbonyl (C=O) groups excluding carboxylic acids is 1. The third kappa shape index (κ3) is 4.39. The molecular weight excluding hydrogens is 242 g/mol. The van der Waals surface area contributed by atoms with Crippen molar-refractivity contribution in [3.63, 3.8) is 0 Å². The number of carbonyl (C=O) groups is 2. The van der Waals surface area contributed by atoms with E-state index >= 15 is 0 Å². The van der Waals surface area contributed by atoms with Crippen molar-refractivity contribution in [2.75, 3.05) is 7.05 Å². The molecule has 0 bridgehead atoms. The Morgan fingerprint density at radius 3 is 2.32 bits per heavy atom. The largest absolute Gasteiger partial charge is 0.478 e. The van der Waals surface area contributed by atoms with Gasteiger partial charge in [-0.15, -0.1) is 0 Å². The average Bonchev–Trinajstić information content (AvgIpc) is 2.38. The van der Waals surface area contributed by atoms with Crippen molar-refractivity contribution in [3.8, 4) is 0 Å². The van der Waals surface area contributed by atoms with Gasteiger partial charge in [-0.2, -0.15) is 0 Å². The van der Waals surface area contributed by atoms with E-state index in [0.29, 0.717) is 6.54 Å². The number of carboxylic acids is 1. The van der Waals surface area contributed by atoms with Gasteiger partial charge in [-0.1, -0.05) is 32.4 Å². The minimum Gasteiger partial charge on any atom is -0.478 e. The molecule has 0 fully saturated rings. The van der Waals surface area contributed by atoms with E-state index < -0.39 is 5.97 Å². The highest BCUT2D eigenvalue weighted by molar-refractivity contribution is 5.87. The van der Waals surface area contributed by atoms with Crippen LogP contribution >= 0.6 is 0 Å². The van der Waals surface area contributed by atoms with Crippen LogP contribution in [0.2, 0.25) is 0 Å². The van der Waals surface area contributed by atoms with Crippen molar-refractivity contribution in [3.05, 3.63) is 35.4 Å². The maximum Gasteiger partial charge on any atom is 0.335 e. The summed E-state index contributed by atoms with van der Waals surface area (Å²) in [5, 5.41) is 8.81. The van der Waals surface area contributed by atoms with E-state index in [1.807, 2.05) is 6.92 Å². The Bertz CT molecular complexity index is 439. The van der Waals surface area contributed by atoms with Crippen molar-refractivity contribution < 1.29 is 14.7 Å². The van der Waals surface area contributed by atoms with Gasteiger partial charge in [0.05, 0.1) is 5.56 Å². The van der Waals surface area contributed by atoms with Crippen molar-refractivity contribution in [1.29, 1.82) is 0 Å². The summed E-state index contributed by atoms with van der Waals surface area (Å²) in [5.41, 5.74) is 1.20. The van der Waals surface area contributed by atoms with Crippen molar-refractivity contribution >= 4 is 11.9 Å². The summed E-state index contributed by atoms with van der Waals surface area (Å²) in [6.07, 6.45) is 1.88. The molecule has 4 nitrogen and oxygen atoms in total. The zero-order valence-electron chi connectivity index (χ0n) is 11.7. The molecule has 0 aliphatic carbocycles. The molecular formula is C15H21NO3. The van der Waals surface area contributed by atoms with Crippen LogP contribution in [0, 0.1) is 5.92 Å². The van der Waals surface area contributed by atoms with Crippen molar-refractivity contribution in [2.45, 2.75) is 33.2 Å². The first-order chi connectivity index (χ1) is 8.95. The first kappa shape index (κ1) is 15.2. The second kappa shape index (κ2) is 6.92. The summed E-state index contributed by atoms with van der Waals surface area (Å²) in [6, 6.07) is 6.62. The fraction of sp³-hybridized carbons (Fsp3) is 0.467. The smallest absolute Gasteiger partial charge is 0.335 e. The molecule has 1 aromatic rings. The zero-order valence-corrected chi connectivity index (χ0v) is 11.7. The SMILES string of the molecule is CCCC(C)C(=O)N(C)Cc1ccc(C(=O)O)cc1. The van der Waals surface area contributed by atoms with Gasteiger partial charge in [-0.25, -0.2) is 4.79 Å². The van der Waals surface area contributed by atoms with Crippen LogP contribution < -0.4 is 0 Å². The van der Waals surface area contributed by atoms with E-state index in [0.717, 1.165) is 18.4 Å². The van der Waals surface area contributed by atoms with E-state index in [1.165, 1.54) is 0 Å². The van der Waals surface area contributed by atoms with Crippen molar-refractivity contribution in [1.82, 2.24) is 4.90 Å². The van der Waals surface area contributed by atoms with Gasteiger partial charge < -0.3 is 10.0 Å². The molecule has 1 rings (SSSR count). The molecule has 0 heterocycles. The molecule has 1 unspecified atom stereocenters. The van der Waals surface area contributed by atoms with Crippen LogP contribution in [-0.2, 0) is 11.3 Å². The average molecular weight is 263 g/mol. The molecule has 19 heavy (non-hydrogen) atoms. The zero-order chi connectivity index (χ0) is 14.4. The van der Waals surface area contributed by atoms with Crippen LogP contribution in [0.15, 0.2) is 24.3 Å². The van der Waals surface area contributed by atoms with Crippen LogP contribution in [-0.4, -0.2) is 28.9 Å². The molecule has 1 aromatic carbocycles. The Balaban J connectivity index is 2.63. The maximum atomic E-state index is 12.0. The Labute approximate surface area is 114 Å². The monoisotopic (exact) mass is 263 g/mol. The second-order valence-electron chi connectivity index (χ2n) is 4.89. The van der Waals surface area contributed by atoms with Crippen LogP contribution in [0.25, 0.3) is 0 Å². The molecule has 1 atom stereocenters. The van der Waals surface area contributed by atoms with Crippen LogP contribution in [0.5, 0.6) is 0 Å². The standard InChI is InChI=1S/C15H21NO3/c1-4-5-11(2)14(17)16(3)10-12-6-8-13(9-7-12)15(18)19/h6-9,11H,4-5,10H2,1-3H3,(H,18,19). The summed E-state index contributed by atoms with van der Waals surface area (Å²) in [7, 11) is 1.78. The lowest BCUT2D eigenvalue weighted by Crippen LogP contribution is -2.31. The predicted molar refractivity (Wildman–Crippen MR) is 73.9 cm³/mol. The third-order valence-electron chi connectivity index (χ3n) is 3.14. The number of aromatic carboxylic acids is 1. The van der Waals surface area contributed by atoms with E-state index in [9.17, 15) is 9.59 Å². The van der Waals surface area contributed by atoms with Gasteiger partial charge in [0.15, 0.2) is 0 Å². The molecule has 1 amide bonds. The highest BCUT2D eigenvalue weighted by Gasteiger charge is 2.16. The quantitative estimate of drug-likeness (QED) is 0.858. The van der Waals surface area contributed by atoms with E-state index in [4.69, 9.17) is 5.11 Å². The molecule has 0 aromatic heterocycles. The summed E-state index contributed by atoms with van der Waals surface area (Å²) < 4.78 is 0. The lowest BCUT2D eigenvalue weighted by atomic mass is 10.0. The first-order valence-corrected chi connectivity index (χ1v) is 6.53. The topological polar surface area (TPSA) is 57.6 Å². The highest BCUT2D eigenvalue weighted by Crippen LogP contribution is 2.12. The fourth-order valence-electron chi connectivity index (χ4n) is 2.04. The number of hydrogen-bond donors (Lipinski definition) is 1. The minimum absolute atomic E-state index is 0.0355. The molecule has 4 heteroatoms. The predicted octanol–water partition coefficient (Wildman–Crippen LogP) is 2.78. The lowest BCUT2D eigenvalue weighted by molar-refractivity contribution is -0.134. The van der Waals surface area contributed by atoms with Crippen LogP contribution in [0.3, 0.4) is 0 Å². The summed E-state index contributed by atoms with van der Waals surface area (Å²) >= 11 is 0. The Morgan fingerprint density at radius 1 is 1.26 bits per heavy atom. The third-order valence-corrected chi connectivity index (χ3v) is 3.14. The normalized spacial score (nSPS) is 11.9. The van der Waals surface area contributed by atoms with Gasteiger partial charge in [0.2, 0.25) is 5.91 Å². The van der Waals surface area contributed by atoms with E-state index in [1.54, 1.807) is 36.2 Å². The van der Waals surface area contributed by atoms with E-state index in [-0.39, 0.29) is 17.4 Å². The minimum atomic E-state index is -0.937. The van der Waals surface area contributed by atoms with Crippen molar-refractivity contribution in [2.24, 2.45) is 5.92 Å². The molecule has 104 valence electrons. The number of nitrogens with zero attached hydrogens (tertiary/aromatic N) is 1. The Morgan fingerprint density at radius 2 is 1.84 bits per heavy atom. The molecule has 0 aliphatic heterocycles. The van der Waals surface area contributed by atoms with Gasteiger partial charge in [-0.05, 0) is 24.1 Å². The summed E-state index contributed by atoms with van der Waals surface area (Å²) in [6.45, 7) is 4.51. The maximum absolute atomic E-state index is 12.0. The van der Waals surface area contributed by atoms with Gasteiger partial charge in [0.25, 0.3) is 0 Å².